The summed E-state index contributed by atoms with van der Waals surface area (Å²) in [7, 11) is 0. The van der Waals surface area contributed by atoms with Crippen molar-refractivity contribution in [3.8, 4) is 6.07 Å². The van der Waals surface area contributed by atoms with Crippen LogP contribution in [0.3, 0.4) is 0 Å². The highest BCUT2D eigenvalue weighted by atomic mass is 35.5. The third-order valence-electron chi connectivity index (χ3n) is 1.76. The maximum absolute atomic E-state index is 8.87. The number of rotatable bonds is 2. The first-order valence-electron chi connectivity index (χ1n) is 4.05. The molecule has 14 heavy (non-hydrogen) atoms. The summed E-state index contributed by atoms with van der Waals surface area (Å²) in [5, 5.41) is 9.46. The van der Waals surface area contributed by atoms with E-state index >= 15 is 0 Å². The molecule has 0 fully saturated rings. The van der Waals surface area contributed by atoms with E-state index in [4.69, 9.17) is 40.1 Å². The number of hydrogen-bond acceptors (Lipinski definition) is 2. The molecule has 5 heteroatoms. The third-order valence-corrected chi connectivity index (χ3v) is 2.81. The second kappa shape index (κ2) is 4.84. The Hall–Kier alpha value is -0.490. The number of halogens is 3. The lowest BCUT2D eigenvalue weighted by molar-refractivity contribution is 0.914. The Bertz CT molecular complexity index is 396. The second-order valence-electron chi connectivity index (χ2n) is 2.72. The topological polar surface area (TPSA) is 36.7 Å². The van der Waals surface area contributed by atoms with Crippen LogP contribution < -0.4 is 0 Å². The molecule has 0 amide bonds. The quantitative estimate of drug-likeness (QED) is 0.746. The number of nitrogens with zero attached hydrogens (tertiary/aromatic N) is 2. The molecule has 1 rings (SSSR count). The van der Waals surface area contributed by atoms with Crippen LogP contribution in [0.1, 0.15) is 24.5 Å². The first kappa shape index (κ1) is 11.6. The van der Waals surface area contributed by atoms with Crippen LogP contribution in [-0.4, -0.2) is 4.98 Å². The maximum Gasteiger partial charge on any atom is 0.149 e. The van der Waals surface area contributed by atoms with Gasteiger partial charge in [0.1, 0.15) is 16.4 Å². The highest BCUT2D eigenvalue weighted by Crippen LogP contribution is 2.31. The standard InChI is InChI=1S/C9H7Cl3N2/c1-2-3-5-6(4-13)8(11)14-9(12)7(5)10/h2-3H2,1H3. The smallest absolute Gasteiger partial charge is 0.149 e. The molecule has 1 heterocycles. The molecule has 1 aromatic heterocycles. The van der Waals surface area contributed by atoms with E-state index in [0.29, 0.717) is 22.6 Å². The summed E-state index contributed by atoms with van der Waals surface area (Å²) >= 11 is 17.4. The van der Waals surface area contributed by atoms with Crippen LogP contribution in [0.25, 0.3) is 0 Å². The van der Waals surface area contributed by atoms with Crippen LogP contribution in [0.5, 0.6) is 0 Å². The molecular formula is C9H7Cl3N2. The molecule has 0 aliphatic heterocycles. The monoisotopic (exact) mass is 248 g/mol. The van der Waals surface area contributed by atoms with E-state index in [1.807, 2.05) is 13.0 Å². The highest BCUT2D eigenvalue weighted by Gasteiger charge is 2.15. The van der Waals surface area contributed by atoms with Gasteiger partial charge in [-0.2, -0.15) is 5.26 Å². The van der Waals surface area contributed by atoms with Crippen molar-refractivity contribution in [1.29, 1.82) is 5.26 Å². The Morgan fingerprint density at radius 1 is 1.29 bits per heavy atom. The lowest BCUT2D eigenvalue weighted by Crippen LogP contribution is -1.96. The molecule has 0 aromatic carbocycles. The number of nitriles is 1. The predicted molar refractivity (Wildman–Crippen MR) is 58.0 cm³/mol. The van der Waals surface area contributed by atoms with Gasteiger partial charge in [-0.15, -0.1) is 0 Å². The summed E-state index contributed by atoms with van der Waals surface area (Å²) in [5.74, 6) is 0. The molecular weight excluding hydrogens is 242 g/mol. The largest absolute Gasteiger partial charge is 0.221 e. The van der Waals surface area contributed by atoms with Crippen molar-refractivity contribution in [2.75, 3.05) is 0 Å². The van der Waals surface area contributed by atoms with Gasteiger partial charge in [-0.25, -0.2) is 4.98 Å². The van der Waals surface area contributed by atoms with Gasteiger partial charge in [0, 0.05) is 0 Å². The molecule has 0 bridgehead atoms. The lowest BCUT2D eigenvalue weighted by Gasteiger charge is -2.07. The van der Waals surface area contributed by atoms with Gasteiger partial charge in [0.15, 0.2) is 0 Å². The number of pyridine rings is 1. The fraction of sp³-hybridized carbons (Fsp3) is 0.333. The van der Waals surface area contributed by atoms with Crippen molar-refractivity contribution in [3.05, 3.63) is 26.5 Å². The molecule has 0 aliphatic rings. The summed E-state index contributed by atoms with van der Waals surface area (Å²) in [5.41, 5.74) is 1.00. The van der Waals surface area contributed by atoms with Gasteiger partial charge in [0.2, 0.25) is 0 Å². The Kier molecular flexibility index (Phi) is 4.00. The fourth-order valence-electron chi connectivity index (χ4n) is 1.15. The van der Waals surface area contributed by atoms with Crippen LogP contribution in [0, 0.1) is 11.3 Å². The van der Waals surface area contributed by atoms with Gasteiger partial charge >= 0.3 is 0 Å². The zero-order valence-electron chi connectivity index (χ0n) is 7.44. The van der Waals surface area contributed by atoms with Gasteiger partial charge in [0.05, 0.1) is 10.6 Å². The SMILES string of the molecule is CCCc1c(Cl)c(Cl)nc(Cl)c1C#N. The molecule has 0 spiro atoms. The van der Waals surface area contributed by atoms with Crippen LogP contribution >= 0.6 is 34.8 Å². The maximum atomic E-state index is 8.87. The zero-order valence-corrected chi connectivity index (χ0v) is 9.71. The molecule has 0 unspecified atom stereocenters. The first-order chi connectivity index (χ1) is 6.61. The molecule has 0 saturated carbocycles. The Balaban J connectivity index is 3.42. The van der Waals surface area contributed by atoms with E-state index < -0.39 is 0 Å². The minimum absolute atomic E-state index is 0.116. The van der Waals surface area contributed by atoms with E-state index in [1.165, 1.54) is 0 Å². The minimum atomic E-state index is 0.116. The molecule has 0 atom stereocenters. The summed E-state index contributed by atoms with van der Waals surface area (Å²) in [6, 6.07) is 1.98. The van der Waals surface area contributed by atoms with Crippen molar-refractivity contribution in [2.45, 2.75) is 19.8 Å². The van der Waals surface area contributed by atoms with Crippen LogP contribution in [0.4, 0.5) is 0 Å². The van der Waals surface area contributed by atoms with Gasteiger partial charge < -0.3 is 0 Å². The minimum Gasteiger partial charge on any atom is -0.221 e. The molecule has 0 radical (unpaired) electrons. The van der Waals surface area contributed by atoms with E-state index in [1.54, 1.807) is 0 Å². The fourth-order valence-corrected chi connectivity index (χ4v) is 1.86. The van der Waals surface area contributed by atoms with Gasteiger partial charge in [-0.05, 0) is 12.0 Å². The van der Waals surface area contributed by atoms with Crippen molar-refractivity contribution >= 4 is 34.8 Å². The summed E-state index contributed by atoms with van der Waals surface area (Å²) in [6.45, 7) is 1.99. The van der Waals surface area contributed by atoms with E-state index in [0.717, 1.165) is 6.42 Å². The Labute approximate surface area is 97.4 Å². The van der Waals surface area contributed by atoms with E-state index in [-0.39, 0.29) is 10.3 Å². The van der Waals surface area contributed by atoms with Crippen molar-refractivity contribution in [3.63, 3.8) is 0 Å². The predicted octanol–water partition coefficient (Wildman–Crippen LogP) is 3.87. The Morgan fingerprint density at radius 3 is 2.43 bits per heavy atom. The highest BCUT2D eigenvalue weighted by molar-refractivity contribution is 6.42. The molecule has 0 aliphatic carbocycles. The molecule has 0 saturated heterocycles. The van der Waals surface area contributed by atoms with Gasteiger partial charge in [-0.1, -0.05) is 48.1 Å². The molecule has 2 nitrogen and oxygen atoms in total. The molecule has 74 valence electrons. The third kappa shape index (κ3) is 2.12. The lowest BCUT2D eigenvalue weighted by atomic mass is 10.1. The number of aromatic nitrogens is 1. The zero-order chi connectivity index (χ0) is 10.7. The second-order valence-corrected chi connectivity index (χ2v) is 3.82. The Morgan fingerprint density at radius 2 is 1.93 bits per heavy atom. The van der Waals surface area contributed by atoms with Crippen LogP contribution in [-0.2, 0) is 6.42 Å². The first-order valence-corrected chi connectivity index (χ1v) is 5.18. The van der Waals surface area contributed by atoms with Gasteiger partial charge in [-0.3, -0.25) is 0 Å². The van der Waals surface area contributed by atoms with Crippen LogP contribution in [0.2, 0.25) is 15.3 Å². The number of hydrogen-bond donors (Lipinski definition) is 0. The molecule has 1 aromatic rings. The van der Waals surface area contributed by atoms with E-state index in [9.17, 15) is 0 Å². The van der Waals surface area contributed by atoms with Crippen molar-refractivity contribution < 1.29 is 0 Å². The van der Waals surface area contributed by atoms with Crippen molar-refractivity contribution in [1.82, 2.24) is 4.98 Å². The summed E-state index contributed by atoms with van der Waals surface area (Å²) < 4.78 is 0. The summed E-state index contributed by atoms with van der Waals surface area (Å²) in [6.07, 6.45) is 1.54. The van der Waals surface area contributed by atoms with E-state index in [2.05, 4.69) is 4.98 Å². The average molecular weight is 250 g/mol. The summed E-state index contributed by atoms with van der Waals surface area (Å²) in [4.78, 5) is 3.76. The van der Waals surface area contributed by atoms with Crippen LogP contribution in [0.15, 0.2) is 0 Å². The average Bonchev–Trinajstić information content (AvgIpc) is 2.14. The van der Waals surface area contributed by atoms with Crippen molar-refractivity contribution in [2.24, 2.45) is 0 Å². The normalized spacial score (nSPS) is 9.93. The molecule has 0 N–H and O–H groups in total. The van der Waals surface area contributed by atoms with Gasteiger partial charge in [0.25, 0.3) is 0 Å².